The molecular weight excluding hydrogens is 471 g/mol. The molecule has 0 aliphatic rings. The number of para-hydroxylation sites is 2. The lowest BCUT2D eigenvalue weighted by atomic mass is 10.2. The van der Waals surface area contributed by atoms with Crippen LogP contribution in [0.1, 0.15) is 21.7 Å². The summed E-state index contributed by atoms with van der Waals surface area (Å²) in [6.07, 6.45) is 3.18. The number of carbonyl (C=O) groups is 1. The number of halogens is 3. The Morgan fingerprint density at radius 1 is 1.03 bits per heavy atom. The topological polar surface area (TPSA) is 34.9 Å². The fourth-order valence-electron chi connectivity index (χ4n) is 3.07. The van der Waals surface area contributed by atoms with E-state index in [0.717, 1.165) is 26.6 Å². The minimum atomic E-state index is -0.190. The second-order valence-electron chi connectivity index (χ2n) is 6.50. The van der Waals surface area contributed by atoms with Gasteiger partial charge in [-0.05, 0) is 59.7 Å². The van der Waals surface area contributed by atoms with Crippen LogP contribution in [0.15, 0.2) is 77.3 Å². The number of aromatic nitrogens is 2. The number of hydrogen-bond donors (Lipinski definition) is 0. The van der Waals surface area contributed by atoms with Crippen LogP contribution in [0.25, 0.3) is 17.1 Å². The summed E-state index contributed by atoms with van der Waals surface area (Å²) in [5, 5.41) is 1.04. The maximum absolute atomic E-state index is 13.0. The van der Waals surface area contributed by atoms with E-state index in [1.54, 1.807) is 24.3 Å². The number of ketones is 1. The maximum Gasteiger partial charge on any atom is 0.221 e. The lowest BCUT2D eigenvalue weighted by Crippen LogP contribution is -2.09. The van der Waals surface area contributed by atoms with Crippen LogP contribution in [0.5, 0.6) is 0 Å². The van der Waals surface area contributed by atoms with Crippen molar-refractivity contribution < 1.29 is 4.79 Å². The van der Waals surface area contributed by atoms with E-state index >= 15 is 0 Å². The highest BCUT2D eigenvalue weighted by molar-refractivity contribution is 9.10. The van der Waals surface area contributed by atoms with Crippen LogP contribution in [-0.4, -0.2) is 15.3 Å². The summed E-state index contributed by atoms with van der Waals surface area (Å²) >= 11 is 15.6. The molecule has 6 heteroatoms. The third-order valence-corrected chi connectivity index (χ3v) is 5.60. The van der Waals surface area contributed by atoms with Gasteiger partial charge in [0.15, 0.2) is 5.82 Å². The lowest BCUT2D eigenvalue weighted by molar-refractivity contribution is 0.103. The molecule has 0 bridgehead atoms. The molecule has 3 nitrogen and oxygen atoms in total. The zero-order valence-electron chi connectivity index (χ0n) is 15.1. The number of fused-ring (bicyclic) bond motifs is 1. The van der Waals surface area contributed by atoms with E-state index in [1.807, 2.05) is 53.1 Å². The fraction of sp³-hybridized carbons (Fsp3) is 0.0435. The molecule has 0 saturated heterocycles. The Bertz CT molecular complexity index is 1230. The van der Waals surface area contributed by atoms with E-state index in [4.69, 9.17) is 23.2 Å². The summed E-state index contributed by atoms with van der Waals surface area (Å²) in [6, 6.07) is 20.9. The monoisotopic (exact) mass is 484 g/mol. The molecule has 0 unspecified atom stereocenters. The molecule has 0 saturated carbocycles. The molecule has 0 N–H and O–H groups in total. The van der Waals surface area contributed by atoms with Gasteiger partial charge in [-0.3, -0.25) is 4.79 Å². The Morgan fingerprint density at radius 3 is 2.55 bits per heavy atom. The van der Waals surface area contributed by atoms with Gasteiger partial charge in [-0.2, -0.15) is 0 Å². The van der Waals surface area contributed by atoms with Crippen molar-refractivity contribution in [3.63, 3.8) is 0 Å². The first-order chi connectivity index (χ1) is 14.0. The van der Waals surface area contributed by atoms with E-state index in [9.17, 15) is 4.79 Å². The molecule has 0 aliphatic carbocycles. The van der Waals surface area contributed by atoms with Crippen LogP contribution >= 0.6 is 39.1 Å². The second-order valence-corrected chi connectivity index (χ2v) is 8.26. The number of imidazole rings is 1. The molecule has 1 heterocycles. The summed E-state index contributed by atoms with van der Waals surface area (Å²) in [6.45, 7) is 0.546. The van der Waals surface area contributed by atoms with Gasteiger partial charge >= 0.3 is 0 Å². The van der Waals surface area contributed by atoms with Gasteiger partial charge in [-0.25, -0.2) is 4.98 Å². The summed E-state index contributed by atoms with van der Waals surface area (Å²) in [7, 11) is 0. The third kappa shape index (κ3) is 4.45. The average Bonchev–Trinajstić information content (AvgIpc) is 3.07. The van der Waals surface area contributed by atoms with Crippen LogP contribution in [0.4, 0.5) is 0 Å². The summed E-state index contributed by atoms with van der Waals surface area (Å²) in [5.74, 6) is 0.194. The van der Waals surface area contributed by atoms with Gasteiger partial charge in [-0.1, -0.05) is 69.5 Å². The number of rotatable bonds is 5. The van der Waals surface area contributed by atoms with E-state index < -0.39 is 0 Å². The Kier molecular flexibility index (Phi) is 5.86. The highest BCUT2D eigenvalue weighted by Gasteiger charge is 2.16. The van der Waals surface area contributed by atoms with Crippen LogP contribution in [0.2, 0.25) is 10.0 Å². The standard InChI is InChI=1S/C23H15BrCl2N2O/c24-17-9-5-15(6-10-17)14-28-21-4-2-1-3-20(21)27-23(28)22(29)12-8-16-7-11-18(25)13-19(16)26/h1-13H,14H2/b12-8+. The van der Waals surface area contributed by atoms with Crippen molar-refractivity contribution in [3.05, 3.63) is 104 Å². The average molecular weight is 486 g/mol. The predicted molar refractivity (Wildman–Crippen MR) is 123 cm³/mol. The molecule has 3 aromatic carbocycles. The maximum atomic E-state index is 13.0. The fourth-order valence-corrected chi connectivity index (χ4v) is 3.81. The quantitative estimate of drug-likeness (QED) is 0.224. The molecule has 0 aliphatic heterocycles. The molecule has 4 rings (SSSR count). The highest BCUT2D eigenvalue weighted by atomic mass is 79.9. The molecule has 0 spiro atoms. The predicted octanol–water partition coefficient (Wildman–Crippen LogP) is 7.05. The van der Waals surface area contributed by atoms with E-state index in [2.05, 4.69) is 20.9 Å². The molecule has 144 valence electrons. The molecule has 0 amide bonds. The van der Waals surface area contributed by atoms with Crippen molar-refractivity contribution >= 4 is 62.0 Å². The van der Waals surface area contributed by atoms with Crippen molar-refractivity contribution in [2.45, 2.75) is 6.54 Å². The number of carbonyl (C=O) groups excluding carboxylic acids is 1. The minimum Gasteiger partial charge on any atom is -0.317 e. The smallest absolute Gasteiger partial charge is 0.221 e. The second kappa shape index (κ2) is 8.54. The van der Waals surface area contributed by atoms with Crippen molar-refractivity contribution in [3.8, 4) is 0 Å². The number of allylic oxidation sites excluding steroid dienone is 1. The van der Waals surface area contributed by atoms with Crippen LogP contribution in [0.3, 0.4) is 0 Å². The summed E-state index contributed by atoms with van der Waals surface area (Å²) < 4.78 is 2.95. The molecule has 1 aromatic heterocycles. The first kappa shape index (κ1) is 19.9. The van der Waals surface area contributed by atoms with Gasteiger partial charge in [-0.15, -0.1) is 0 Å². The normalized spacial score (nSPS) is 11.4. The number of benzene rings is 3. The number of nitrogens with zero attached hydrogens (tertiary/aromatic N) is 2. The highest BCUT2D eigenvalue weighted by Crippen LogP contribution is 2.23. The van der Waals surface area contributed by atoms with Crippen molar-refractivity contribution in [2.75, 3.05) is 0 Å². The van der Waals surface area contributed by atoms with Crippen LogP contribution in [-0.2, 0) is 6.54 Å². The van der Waals surface area contributed by atoms with Crippen molar-refractivity contribution in [1.82, 2.24) is 9.55 Å². The number of hydrogen-bond acceptors (Lipinski definition) is 2. The Hall–Kier alpha value is -2.40. The van der Waals surface area contributed by atoms with E-state index in [-0.39, 0.29) is 5.78 Å². The Labute approximate surface area is 186 Å². The zero-order valence-corrected chi connectivity index (χ0v) is 18.2. The first-order valence-corrected chi connectivity index (χ1v) is 10.4. The van der Waals surface area contributed by atoms with Crippen LogP contribution in [0, 0.1) is 0 Å². The van der Waals surface area contributed by atoms with Crippen LogP contribution < -0.4 is 0 Å². The third-order valence-electron chi connectivity index (χ3n) is 4.51. The zero-order chi connectivity index (χ0) is 20.4. The van der Waals surface area contributed by atoms with E-state index in [1.165, 1.54) is 6.08 Å². The molecule has 29 heavy (non-hydrogen) atoms. The van der Waals surface area contributed by atoms with Gasteiger partial charge < -0.3 is 4.57 Å². The summed E-state index contributed by atoms with van der Waals surface area (Å²) in [4.78, 5) is 17.6. The molecule has 0 radical (unpaired) electrons. The SMILES string of the molecule is O=C(/C=C/c1ccc(Cl)cc1Cl)c1nc2ccccc2n1Cc1ccc(Br)cc1. The van der Waals surface area contributed by atoms with E-state index in [0.29, 0.717) is 22.4 Å². The van der Waals surface area contributed by atoms with Gasteiger partial charge in [0.25, 0.3) is 0 Å². The van der Waals surface area contributed by atoms with Gasteiger partial charge in [0.2, 0.25) is 5.78 Å². The minimum absolute atomic E-state index is 0.190. The van der Waals surface area contributed by atoms with Gasteiger partial charge in [0, 0.05) is 21.1 Å². The van der Waals surface area contributed by atoms with Crippen molar-refractivity contribution in [2.24, 2.45) is 0 Å². The molecule has 0 fully saturated rings. The largest absolute Gasteiger partial charge is 0.317 e. The Balaban J connectivity index is 1.71. The lowest BCUT2D eigenvalue weighted by Gasteiger charge is -2.08. The van der Waals surface area contributed by atoms with Gasteiger partial charge in [0.05, 0.1) is 11.0 Å². The first-order valence-electron chi connectivity index (χ1n) is 8.88. The van der Waals surface area contributed by atoms with Crippen molar-refractivity contribution in [1.29, 1.82) is 0 Å². The van der Waals surface area contributed by atoms with Gasteiger partial charge in [0.1, 0.15) is 0 Å². The molecule has 0 atom stereocenters. The summed E-state index contributed by atoms with van der Waals surface area (Å²) in [5.41, 5.74) is 3.50. The molecular formula is C23H15BrCl2N2O. The molecule has 4 aromatic rings. The Morgan fingerprint density at radius 2 is 1.79 bits per heavy atom.